The van der Waals surface area contributed by atoms with Crippen LogP contribution >= 0.6 is 0 Å². The lowest BCUT2D eigenvalue weighted by atomic mass is 10.3. The lowest BCUT2D eigenvalue weighted by Crippen LogP contribution is -2.24. The Morgan fingerprint density at radius 2 is 2.00 bits per heavy atom. The average molecular weight is 219 g/mol. The molecule has 0 fully saturated rings. The van der Waals surface area contributed by atoms with Crippen LogP contribution in [-0.2, 0) is 7.05 Å². The Kier molecular flexibility index (Phi) is 2.35. The minimum Gasteiger partial charge on any atom is -0.293 e. The van der Waals surface area contributed by atoms with Crippen LogP contribution in [-0.4, -0.2) is 30.1 Å². The number of carbonyl (C=O) groups excluding carboxylic acids is 1. The molecule has 0 N–H and O–H groups in total. The third kappa shape index (κ3) is 1.52. The third-order valence-electron chi connectivity index (χ3n) is 2.04. The quantitative estimate of drug-likeness (QED) is 0.639. The highest BCUT2D eigenvalue weighted by Gasteiger charge is 2.14. The molecule has 7 nitrogen and oxygen atoms in total. The Bertz CT molecular complexity index is 598. The average Bonchev–Trinajstić information content (AvgIpc) is 2.60. The summed E-state index contributed by atoms with van der Waals surface area (Å²) in [5.74, 6) is -0.110. The van der Waals surface area contributed by atoms with E-state index in [4.69, 9.17) is 0 Å². The number of hydrogen-bond donors (Lipinski definition) is 0. The zero-order chi connectivity index (χ0) is 11.7. The van der Waals surface area contributed by atoms with Crippen molar-refractivity contribution in [2.45, 2.75) is 6.92 Å². The van der Waals surface area contributed by atoms with Crippen molar-refractivity contribution < 1.29 is 4.79 Å². The van der Waals surface area contributed by atoms with Crippen molar-refractivity contribution in [1.29, 1.82) is 0 Å². The van der Waals surface area contributed by atoms with Crippen molar-refractivity contribution in [2.24, 2.45) is 7.05 Å². The molecule has 0 amide bonds. The van der Waals surface area contributed by atoms with Crippen molar-refractivity contribution in [3.63, 3.8) is 0 Å². The van der Waals surface area contributed by atoms with Crippen LogP contribution in [0.4, 0.5) is 0 Å². The van der Waals surface area contributed by atoms with Crippen molar-refractivity contribution in [3.8, 4) is 5.82 Å². The van der Waals surface area contributed by atoms with Crippen LogP contribution in [0.15, 0.2) is 23.5 Å². The summed E-state index contributed by atoms with van der Waals surface area (Å²) in [6.45, 7) is 1.36. The van der Waals surface area contributed by atoms with Gasteiger partial charge in [0.25, 0.3) is 0 Å². The molecule has 0 atom stereocenters. The van der Waals surface area contributed by atoms with E-state index in [1.807, 2.05) is 0 Å². The van der Waals surface area contributed by atoms with Gasteiger partial charge in [-0.25, -0.2) is 14.8 Å². The molecule has 2 aromatic rings. The van der Waals surface area contributed by atoms with Gasteiger partial charge in [-0.1, -0.05) is 0 Å². The third-order valence-corrected chi connectivity index (χ3v) is 2.04. The van der Waals surface area contributed by atoms with Gasteiger partial charge in [-0.2, -0.15) is 9.78 Å². The first-order valence-corrected chi connectivity index (χ1v) is 4.54. The van der Waals surface area contributed by atoms with E-state index in [9.17, 15) is 9.59 Å². The van der Waals surface area contributed by atoms with E-state index in [1.165, 1.54) is 30.2 Å². The first kappa shape index (κ1) is 10.2. The fraction of sp³-hybridized carbons (Fsp3) is 0.222. The molecule has 0 radical (unpaired) electrons. The number of carbonyl (C=O) groups is 1. The van der Waals surface area contributed by atoms with E-state index in [-0.39, 0.29) is 23.0 Å². The first-order chi connectivity index (χ1) is 7.61. The monoisotopic (exact) mass is 219 g/mol. The standard InChI is InChI=1S/C9H9N5O2/c1-6(15)7-8(11-4-3-10-7)14-9(16)13(2)5-12-14/h3-5H,1-2H3. The van der Waals surface area contributed by atoms with Gasteiger partial charge in [-0.05, 0) is 0 Å². The predicted octanol–water partition coefficient (Wildman–Crippen LogP) is -0.436. The Morgan fingerprint density at radius 3 is 2.56 bits per heavy atom. The lowest BCUT2D eigenvalue weighted by Gasteiger charge is -2.01. The molecule has 2 rings (SSSR count). The number of Topliss-reactive ketones (excluding diaryl/α,β-unsaturated/α-hetero) is 1. The summed E-state index contributed by atoms with van der Waals surface area (Å²) in [4.78, 5) is 30.8. The number of rotatable bonds is 2. The lowest BCUT2D eigenvalue weighted by molar-refractivity contribution is 0.101. The molecule has 2 aromatic heterocycles. The van der Waals surface area contributed by atoms with Crippen LogP contribution in [0.3, 0.4) is 0 Å². The van der Waals surface area contributed by atoms with Gasteiger partial charge in [-0.3, -0.25) is 9.36 Å². The number of nitrogens with zero attached hydrogens (tertiary/aromatic N) is 5. The zero-order valence-corrected chi connectivity index (χ0v) is 8.78. The van der Waals surface area contributed by atoms with Crippen molar-refractivity contribution in [2.75, 3.05) is 0 Å². The zero-order valence-electron chi connectivity index (χ0n) is 8.78. The summed E-state index contributed by atoms with van der Waals surface area (Å²) in [5.41, 5.74) is -0.244. The van der Waals surface area contributed by atoms with Crippen LogP contribution < -0.4 is 5.69 Å². The summed E-state index contributed by atoms with van der Waals surface area (Å²) < 4.78 is 2.34. The molecule has 0 saturated carbocycles. The highest BCUT2D eigenvalue weighted by Crippen LogP contribution is 2.05. The van der Waals surface area contributed by atoms with Crippen LogP contribution in [0.5, 0.6) is 0 Å². The molecular formula is C9H9N5O2. The normalized spacial score (nSPS) is 10.4. The Morgan fingerprint density at radius 1 is 1.31 bits per heavy atom. The molecule has 16 heavy (non-hydrogen) atoms. The smallest absolute Gasteiger partial charge is 0.293 e. The molecule has 0 aliphatic carbocycles. The van der Waals surface area contributed by atoms with Crippen LogP contribution in [0.25, 0.3) is 5.82 Å². The van der Waals surface area contributed by atoms with Gasteiger partial charge in [-0.15, -0.1) is 0 Å². The maximum atomic E-state index is 11.6. The second-order valence-electron chi connectivity index (χ2n) is 3.22. The molecule has 0 saturated heterocycles. The van der Waals surface area contributed by atoms with E-state index >= 15 is 0 Å². The van der Waals surface area contributed by atoms with E-state index < -0.39 is 0 Å². The molecule has 0 bridgehead atoms. The summed E-state index contributed by atoms with van der Waals surface area (Å²) in [7, 11) is 1.57. The van der Waals surface area contributed by atoms with Gasteiger partial charge >= 0.3 is 5.69 Å². The second-order valence-corrected chi connectivity index (χ2v) is 3.22. The minimum absolute atomic E-state index is 0.128. The molecule has 0 aliphatic heterocycles. The molecule has 0 aromatic carbocycles. The fourth-order valence-electron chi connectivity index (χ4n) is 1.26. The van der Waals surface area contributed by atoms with Crippen molar-refractivity contribution in [3.05, 3.63) is 34.9 Å². The largest absolute Gasteiger partial charge is 0.351 e. The summed E-state index contributed by atoms with van der Waals surface area (Å²) in [6, 6.07) is 0. The van der Waals surface area contributed by atoms with E-state index in [0.29, 0.717) is 0 Å². The van der Waals surface area contributed by atoms with Gasteiger partial charge < -0.3 is 0 Å². The maximum absolute atomic E-state index is 11.6. The molecule has 0 aliphatic rings. The van der Waals surface area contributed by atoms with Gasteiger partial charge in [0.15, 0.2) is 17.3 Å². The van der Waals surface area contributed by atoms with Crippen LogP contribution in [0.1, 0.15) is 17.4 Å². The molecule has 2 heterocycles. The highest BCUT2D eigenvalue weighted by atomic mass is 16.2. The Labute approximate surface area is 90.4 Å². The van der Waals surface area contributed by atoms with Crippen LogP contribution in [0.2, 0.25) is 0 Å². The van der Waals surface area contributed by atoms with E-state index in [0.717, 1.165) is 4.68 Å². The SMILES string of the molecule is CC(=O)c1nccnc1-n1ncn(C)c1=O. The van der Waals surface area contributed by atoms with Gasteiger partial charge in [0.05, 0.1) is 0 Å². The minimum atomic E-state index is -0.372. The van der Waals surface area contributed by atoms with Gasteiger partial charge in [0.2, 0.25) is 0 Å². The second kappa shape index (κ2) is 3.69. The molecule has 82 valence electrons. The Hall–Kier alpha value is -2.31. The highest BCUT2D eigenvalue weighted by molar-refractivity contribution is 5.94. The van der Waals surface area contributed by atoms with E-state index in [2.05, 4.69) is 15.1 Å². The van der Waals surface area contributed by atoms with Gasteiger partial charge in [0.1, 0.15) is 6.33 Å². The first-order valence-electron chi connectivity index (χ1n) is 4.54. The summed E-state index contributed by atoms with van der Waals surface area (Å²) >= 11 is 0. The maximum Gasteiger partial charge on any atom is 0.351 e. The number of ketones is 1. The number of aromatic nitrogens is 5. The molecule has 0 unspecified atom stereocenters. The number of aryl methyl sites for hydroxylation is 1. The Balaban J connectivity index is 2.69. The summed E-state index contributed by atoms with van der Waals surface area (Å²) in [5, 5.41) is 3.84. The number of hydrogen-bond acceptors (Lipinski definition) is 5. The van der Waals surface area contributed by atoms with E-state index in [1.54, 1.807) is 7.05 Å². The summed E-state index contributed by atoms with van der Waals surface area (Å²) in [6.07, 6.45) is 4.15. The predicted molar refractivity (Wildman–Crippen MR) is 54.4 cm³/mol. The topological polar surface area (TPSA) is 82.7 Å². The van der Waals surface area contributed by atoms with Crippen LogP contribution in [0, 0.1) is 0 Å². The van der Waals surface area contributed by atoms with Crippen molar-refractivity contribution in [1.82, 2.24) is 24.3 Å². The fourth-order valence-corrected chi connectivity index (χ4v) is 1.26. The molecule has 0 spiro atoms. The van der Waals surface area contributed by atoms with Gasteiger partial charge in [0, 0.05) is 26.4 Å². The molecular weight excluding hydrogens is 210 g/mol. The molecule has 7 heteroatoms. The van der Waals surface area contributed by atoms with Crippen molar-refractivity contribution >= 4 is 5.78 Å².